The zero-order valence-electron chi connectivity index (χ0n) is 67.9. The molecule has 0 bridgehead atoms. The van der Waals surface area contributed by atoms with Gasteiger partial charge in [0.1, 0.15) is 63.8 Å². The highest BCUT2D eigenvalue weighted by molar-refractivity contribution is 9.10. The number of phenols is 1. The van der Waals surface area contributed by atoms with E-state index in [1.54, 1.807) is 38.5 Å². The average molecular weight is 1660 g/mol. The fourth-order valence-corrected chi connectivity index (χ4v) is 16.9. The van der Waals surface area contributed by atoms with Gasteiger partial charge in [0.05, 0.1) is 16.6 Å². The molecule has 0 aromatic heterocycles. The molecule has 8 nitrogen and oxygen atoms in total. The van der Waals surface area contributed by atoms with Crippen LogP contribution >= 0.6 is 28.3 Å². The summed E-state index contributed by atoms with van der Waals surface area (Å²) in [6.45, 7) is 11.3. The molecule has 1 saturated heterocycles. The number of ether oxygens (including phenoxy) is 5. The predicted molar refractivity (Wildman–Crippen MR) is 450 cm³/mol. The van der Waals surface area contributed by atoms with E-state index < -0.39 is 59.1 Å². The molecular formula is C94H127BBrClF8O8. The molecular weight excluding hydrogens is 1540 g/mol. The zero-order chi connectivity index (χ0) is 80.6. The molecule has 1 aliphatic heterocycles. The Morgan fingerprint density at radius 3 is 0.938 bits per heavy atom. The second-order valence-electron chi connectivity index (χ2n) is 31.5. The van der Waals surface area contributed by atoms with Crippen molar-refractivity contribution in [3.8, 4) is 39.5 Å². The van der Waals surface area contributed by atoms with Crippen molar-refractivity contribution in [3.05, 3.63) is 201 Å². The second kappa shape index (κ2) is 53.4. The van der Waals surface area contributed by atoms with Gasteiger partial charge in [0.15, 0.2) is 13.6 Å². The van der Waals surface area contributed by atoms with Crippen molar-refractivity contribution >= 4 is 40.9 Å². The van der Waals surface area contributed by atoms with Crippen molar-refractivity contribution in [2.75, 3.05) is 41.0 Å². The largest absolute Gasteiger partial charge is 0.508 e. The van der Waals surface area contributed by atoms with E-state index in [0.717, 1.165) is 147 Å². The van der Waals surface area contributed by atoms with Gasteiger partial charge in [-0.2, -0.15) is 0 Å². The lowest BCUT2D eigenvalue weighted by molar-refractivity contribution is 0.0509. The second-order valence-corrected chi connectivity index (χ2v) is 32.4. The van der Waals surface area contributed by atoms with Crippen LogP contribution in [0.25, 0.3) is 22.3 Å². The number of unbranched alkanes of at least 4 members (excludes halogenated alkanes) is 8. The number of rotatable bonds is 29. The Morgan fingerprint density at radius 1 is 0.381 bits per heavy atom. The normalized spacial score (nSPS) is 19.8. The number of halogens is 10. The first-order chi connectivity index (χ1) is 54.2. The van der Waals surface area contributed by atoms with Gasteiger partial charge in [-0.05, 0) is 293 Å². The molecule has 0 spiro atoms. The van der Waals surface area contributed by atoms with Gasteiger partial charge in [0.25, 0.3) is 0 Å². The van der Waals surface area contributed by atoms with Crippen molar-refractivity contribution in [2.45, 2.75) is 270 Å². The van der Waals surface area contributed by atoms with Crippen molar-refractivity contribution in [2.24, 2.45) is 23.7 Å². The first-order valence-electron chi connectivity index (χ1n) is 42.0. The van der Waals surface area contributed by atoms with Crippen molar-refractivity contribution in [1.29, 1.82) is 0 Å². The number of phenolic OH excluding ortho intramolecular Hbond substituents is 1. The first kappa shape index (κ1) is 95.9. The Hall–Kier alpha value is -5.99. The SMILES string of the molecule is C1CCOC1.CCCCCC1CCC(c2cc(F)c(-c3ccc(O)cc3)c(F)c2)CC1.CCCCCC1CCC(c2cc(F)c(-c3ccc(OCOC)cc3)c(F)c2)CC1.CCCCCC1CCC(c2cc(F)c(B(O)O)c(F)c2)CC1.CCCCCC1CCC(c2cc(F)cc(F)c2)CC1.COCOc1ccc(Br)cc1.Cl. The van der Waals surface area contributed by atoms with E-state index in [-0.39, 0.29) is 53.8 Å². The van der Waals surface area contributed by atoms with Crippen molar-refractivity contribution in [1.82, 2.24) is 0 Å². The fourth-order valence-electron chi connectivity index (χ4n) is 16.6. The van der Waals surface area contributed by atoms with E-state index in [2.05, 4.69) is 43.6 Å². The first-order valence-corrected chi connectivity index (χ1v) is 42.8. The third-order valence-corrected chi connectivity index (χ3v) is 23.7. The number of benzene rings is 7. The third-order valence-electron chi connectivity index (χ3n) is 23.1. The molecule has 7 aromatic carbocycles. The number of aromatic hydroxyl groups is 1. The maximum absolute atomic E-state index is 14.8. The Balaban J connectivity index is 0.000000221. The van der Waals surface area contributed by atoms with Crippen LogP contribution in [0.4, 0.5) is 35.1 Å². The van der Waals surface area contributed by atoms with E-state index in [1.165, 1.54) is 214 Å². The van der Waals surface area contributed by atoms with Crippen LogP contribution in [0.3, 0.4) is 0 Å². The summed E-state index contributed by atoms with van der Waals surface area (Å²) in [5, 5.41) is 27.4. The van der Waals surface area contributed by atoms with Crippen LogP contribution < -0.4 is 14.9 Å². The molecule has 0 atom stereocenters. The van der Waals surface area contributed by atoms with Crippen LogP contribution in [0.2, 0.25) is 0 Å². The van der Waals surface area contributed by atoms with E-state index in [1.807, 2.05) is 24.3 Å². The summed E-state index contributed by atoms with van der Waals surface area (Å²) in [6.07, 6.45) is 40.7. The Morgan fingerprint density at radius 2 is 0.664 bits per heavy atom. The summed E-state index contributed by atoms with van der Waals surface area (Å²) < 4.78 is 139. The van der Waals surface area contributed by atoms with Gasteiger partial charge in [-0.3, -0.25) is 0 Å². The molecule has 3 N–H and O–H groups in total. The topological polar surface area (TPSA) is 107 Å². The van der Waals surface area contributed by atoms with Crippen LogP contribution in [0.1, 0.15) is 292 Å². The summed E-state index contributed by atoms with van der Waals surface area (Å²) in [5.41, 5.74) is 3.40. The molecule has 4 aliphatic carbocycles. The molecule has 0 amide bonds. The third kappa shape index (κ3) is 33.5. The van der Waals surface area contributed by atoms with Gasteiger partial charge < -0.3 is 38.8 Å². The van der Waals surface area contributed by atoms with E-state index in [4.69, 9.17) is 33.7 Å². The zero-order valence-corrected chi connectivity index (χ0v) is 70.3. The molecule has 624 valence electrons. The molecule has 7 aromatic rings. The Bertz CT molecular complexity index is 3650. The maximum atomic E-state index is 14.8. The summed E-state index contributed by atoms with van der Waals surface area (Å²) in [7, 11) is 1.03. The summed E-state index contributed by atoms with van der Waals surface area (Å²) in [5.74, 6) is 1.06. The molecule has 113 heavy (non-hydrogen) atoms. The van der Waals surface area contributed by atoms with Crippen LogP contribution in [0.5, 0.6) is 17.2 Å². The molecule has 0 radical (unpaired) electrons. The molecule has 4 saturated carbocycles. The molecule has 1 heterocycles. The summed E-state index contributed by atoms with van der Waals surface area (Å²) in [4.78, 5) is 0. The van der Waals surface area contributed by atoms with E-state index in [9.17, 15) is 40.2 Å². The molecule has 0 unspecified atom stereocenters. The number of methoxy groups -OCH3 is 2. The van der Waals surface area contributed by atoms with Crippen molar-refractivity contribution < 1.29 is 74.0 Å². The van der Waals surface area contributed by atoms with Gasteiger partial charge in [-0.25, -0.2) is 35.1 Å². The van der Waals surface area contributed by atoms with Crippen LogP contribution in [0.15, 0.2) is 132 Å². The molecule has 19 heteroatoms. The summed E-state index contributed by atoms with van der Waals surface area (Å²) in [6, 6.07) is 32.9. The van der Waals surface area contributed by atoms with Gasteiger partial charge in [-0.1, -0.05) is 171 Å². The van der Waals surface area contributed by atoms with Gasteiger partial charge in [0.2, 0.25) is 0 Å². The lowest BCUT2D eigenvalue weighted by Gasteiger charge is -2.29. The maximum Gasteiger partial charge on any atom is 0.494 e. The minimum absolute atomic E-state index is 0. The van der Waals surface area contributed by atoms with Crippen molar-refractivity contribution in [3.63, 3.8) is 0 Å². The van der Waals surface area contributed by atoms with Gasteiger partial charge in [0, 0.05) is 38.0 Å². The monoisotopic (exact) mass is 1660 g/mol. The minimum atomic E-state index is -2.11. The van der Waals surface area contributed by atoms with Crippen LogP contribution in [0, 0.1) is 70.2 Å². The smallest absolute Gasteiger partial charge is 0.494 e. The highest BCUT2D eigenvalue weighted by Gasteiger charge is 2.30. The quantitative estimate of drug-likeness (QED) is 0.0184. The highest BCUT2D eigenvalue weighted by Crippen LogP contribution is 2.44. The van der Waals surface area contributed by atoms with Gasteiger partial charge in [-0.15, -0.1) is 12.4 Å². The molecule has 5 fully saturated rings. The lowest BCUT2D eigenvalue weighted by atomic mass is 9.74. The predicted octanol–water partition coefficient (Wildman–Crippen LogP) is 27.6. The molecule has 5 aliphatic rings. The van der Waals surface area contributed by atoms with E-state index >= 15 is 0 Å². The van der Waals surface area contributed by atoms with E-state index in [0.29, 0.717) is 35.2 Å². The Kier molecular flexibility index (Phi) is 45.3. The minimum Gasteiger partial charge on any atom is -0.508 e. The highest BCUT2D eigenvalue weighted by atomic mass is 79.9. The Labute approximate surface area is 685 Å². The number of hydrogen-bond donors (Lipinski definition) is 3. The van der Waals surface area contributed by atoms with Gasteiger partial charge >= 0.3 is 7.12 Å². The lowest BCUT2D eigenvalue weighted by Crippen LogP contribution is -2.36. The van der Waals surface area contributed by atoms with Crippen LogP contribution in [-0.2, 0) is 14.2 Å². The number of hydrogen-bond acceptors (Lipinski definition) is 8. The van der Waals surface area contributed by atoms with Crippen LogP contribution in [-0.4, -0.2) is 63.3 Å². The molecule has 12 rings (SSSR count). The fraction of sp³-hybridized carbons (Fsp3) is 0.553. The average Bonchev–Trinajstić information content (AvgIpc) is 0.961. The standard InChI is InChI=1S/C25H32F2O2.C23H28F2O.C17H25BF2O2.C17H24F2.C8H9BrO2.C4H8O.ClH/c1-3-4-5-6-18-7-9-19(10-8-18)21-15-23(26)25(24(27)16-21)20-11-13-22(14-12-20)29-17-28-2;1-2-3-4-5-16-6-8-17(9-7-16)19-14-21(24)23(22(25)15-19)18-10-12-20(26)13-11-18;1-2-3-4-5-12-6-8-13(9-7-12)14-10-15(19)17(18(21)22)16(20)11-14;1-2-3-4-5-13-6-8-14(9-7-13)15-10-16(18)12-17(19)11-15;1-10-6-11-8-4-2-7(9)3-5-8;1-2-4-5-3-1;/h11-16,18-19H,3-10,17H2,1-2H3;10-17,26H,2-9H2,1H3;10-13,21-22H,2-9H2,1H3;10-14H,2-9H2,1H3;2-5H,6H2,1H3;1-4H2;1H. The summed E-state index contributed by atoms with van der Waals surface area (Å²) >= 11 is 3.33.